The number of hydrogen-bond acceptors (Lipinski definition) is 4. The average molecular weight is 302 g/mol. The highest BCUT2D eigenvalue weighted by Crippen LogP contribution is 2.10. The molecule has 1 aliphatic rings. The fourth-order valence-electron chi connectivity index (χ4n) is 2.51. The first kappa shape index (κ1) is 14.8. The number of nitrogens with one attached hydrogen (secondary N) is 2. The Morgan fingerprint density at radius 2 is 2.36 bits per heavy atom. The first-order valence-corrected chi connectivity index (χ1v) is 7.79. The zero-order chi connectivity index (χ0) is 15.2. The third kappa shape index (κ3) is 3.54. The molecular weight excluding hydrogens is 280 g/mol. The maximum Gasteiger partial charge on any atom is 0.191 e. The highest BCUT2D eigenvalue weighted by Gasteiger charge is 2.15. The molecular formula is C15H22N6O. The van der Waals surface area contributed by atoms with Crippen molar-refractivity contribution in [2.24, 2.45) is 4.99 Å². The molecule has 1 saturated heterocycles. The van der Waals surface area contributed by atoms with Crippen molar-refractivity contribution in [2.75, 3.05) is 19.7 Å². The summed E-state index contributed by atoms with van der Waals surface area (Å²) >= 11 is 0. The Morgan fingerprint density at radius 1 is 1.41 bits per heavy atom. The van der Waals surface area contributed by atoms with Gasteiger partial charge in [0.15, 0.2) is 17.4 Å². The van der Waals surface area contributed by atoms with Gasteiger partial charge in [0.25, 0.3) is 0 Å². The van der Waals surface area contributed by atoms with E-state index in [9.17, 15) is 0 Å². The second-order valence-corrected chi connectivity index (χ2v) is 5.26. The number of nitrogens with zero attached hydrogens (tertiary/aromatic N) is 4. The molecule has 1 aliphatic heterocycles. The predicted molar refractivity (Wildman–Crippen MR) is 84.8 cm³/mol. The largest absolute Gasteiger partial charge is 0.376 e. The van der Waals surface area contributed by atoms with Crippen LogP contribution < -0.4 is 10.6 Å². The van der Waals surface area contributed by atoms with Gasteiger partial charge in [0.1, 0.15) is 6.54 Å². The van der Waals surface area contributed by atoms with Gasteiger partial charge in [-0.15, -0.1) is 10.2 Å². The topological polar surface area (TPSA) is 75.8 Å². The fourth-order valence-corrected chi connectivity index (χ4v) is 2.51. The van der Waals surface area contributed by atoms with Crippen molar-refractivity contribution in [1.29, 1.82) is 0 Å². The minimum absolute atomic E-state index is 0.290. The van der Waals surface area contributed by atoms with Crippen LogP contribution in [0.25, 0.3) is 5.65 Å². The molecule has 1 atom stereocenters. The molecule has 0 radical (unpaired) electrons. The molecule has 0 aliphatic carbocycles. The lowest BCUT2D eigenvalue weighted by Gasteiger charge is -2.14. The van der Waals surface area contributed by atoms with E-state index >= 15 is 0 Å². The Labute approximate surface area is 129 Å². The van der Waals surface area contributed by atoms with Crippen LogP contribution in [0.4, 0.5) is 0 Å². The van der Waals surface area contributed by atoms with Crippen LogP contribution in [0.1, 0.15) is 25.6 Å². The van der Waals surface area contributed by atoms with Crippen LogP contribution >= 0.6 is 0 Å². The summed E-state index contributed by atoms with van der Waals surface area (Å²) in [6, 6.07) is 5.84. The van der Waals surface area contributed by atoms with Crippen molar-refractivity contribution >= 4 is 11.6 Å². The molecule has 1 unspecified atom stereocenters. The van der Waals surface area contributed by atoms with E-state index in [4.69, 9.17) is 4.74 Å². The molecule has 118 valence electrons. The second-order valence-electron chi connectivity index (χ2n) is 5.26. The molecule has 7 heteroatoms. The van der Waals surface area contributed by atoms with E-state index in [1.807, 2.05) is 28.8 Å². The summed E-state index contributed by atoms with van der Waals surface area (Å²) in [6.45, 7) is 5.00. The molecule has 1 fully saturated rings. The van der Waals surface area contributed by atoms with Gasteiger partial charge >= 0.3 is 0 Å². The van der Waals surface area contributed by atoms with E-state index in [1.165, 1.54) is 0 Å². The molecule has 0 saturated carbocycles. The van der Waals surface area contributed by atoms with Gasteiger partial charge in [0, 0.05) is 25.9 Å². The third-order valence-electron chi connectivity index (χ3n) is 3.63. The lowest BCUT2D eigenvalue weighted by Crippen LogP contribution is -2.41. The van der Waals surface area contributed by atoms with Crippen molar-refractivity contribution in [3.05, 3.63) is 30.2 Å². The first-order chi connectivity index (χ1) is 10.9. The van der Waals surface area contributed by atoms with Crippen LogP contribution in [0, 0.1) is 0 Å². The summed E-state index contributed by atoms with van der Waals surface area (Å²) in [6.07, 6.45) is 4.50. The van der Waals surface area contributed by atoms with Crippen LogP contribution in [0.2, 0.25) is 0 Å². The van der Waals surface area contributed by atoms with E-state index in [-0.39, 0.29) is 6.10 Å². The highest BCUT2D eigenvalue weighted by atomic mass is 16.5. The summed E-state index contributed by atoms with van der Waals surface area (Å²) in [5, 5.41) is 14.9. The fraction of sp³-hybridized carbons (Fsp3) is 0.533. The Morgan fingerprint density at radius 3 is 3.18 bits per heavy atom. The molecule has 3 heterocycles. The summed E-state index contributed by atoms with van der Waals surface area (Å²) in [7, 11) is 0. The van der Waals surface area contributed by atoms with Crippen molar-refractivity contribution in [1.82, 2.24) is 25.2 Å². The number of fused-ring (bicyclic) bond motifs is 1. The molecule has 2 aromatic rings. The van der Waals surface area contributed by atoms with Gasteiger partial charge in [-0.05, 0) is 31.9 Å². The Bertz CT molecular complexity index is 632. The number of rotatable bonds is 5. The molecule has 0 aromatic carbocycles. The summed E-state index contributed by atoms with van der Waals surface area (Å²) < 4.78 is 7.57. The number of pyridine rings is 1. The minimum atomic E-state index is 0.290. The van der Waals surface area contributed by atoms with E-state index in [2.05, 4.69) is 32.7 Å². The lowest BCUT2D eigenvalue weighted by molar-refractivity contribution is 0.114. The van der Waals surface area contributed by atoms with Crippen molar-refractivity contribution in [2.45, 2.75) is 32.4 Å². The maximum atomic E-state index is 5.62. The third-order valence-corrected chi connectivity index (χ3v) is 3.63. The zero-order valence-electron chi connectivity index (χ0n) is 12.8. The van der Waals surface area contributed by atoms with Crippen LogP contribution in [0.5, 0.6) is 0 Å². The van der Waals surface area contributed by atoms with Crippen LogP contribution in [0.15, 0.2) is 29.4 Å². The Kier molecular flexibility index (Phi) is 4.85. The van der Waals surface area contributed by atoms with Crippen LogP contribution in [-0.2, 0) is 11.3 Å². The standard InChI is InChI=1S/C15H22N6O/c1-2-16-15(17-10-12-6-5-9-22-12)18-11-14-20-19-13-7-3-4-8-21(13)14/h3-4,7-8,12H,2,5-6,9-11H2,1H3,(H2,16,17,18). The smallest absolute Gasteiger partial charge is 0.191 e. The SMILES string of the molecule is CCNC(=NCc1nnc2ccccn12)NCC1CCCO1. The number of guanidine groups is 1. The van der Waals surface area contributed by atoms with Gasteiger partial charge in [-0.25, -0.2) is 4.99 Å². The molecule has 0 amide bonds. The molecule has 2 aromatic heterocycles. The number of aromatic nitrogens is 3. The van der Waals surface area contributed by atoms with Crippen LogP contribution in [-0.4, -0.2) is 46.4 Å². The number of aliphatic imine (C=N–C) groups is 1. The normalized spacial score (nSPS) is 18.8. The Hall–Kier alpha value is -2.15. The monoisotopic (exact) mass is 302 g/mol. The highest BCUT2D eigenvalue weighted by molar-refractivity contribution is 5.79. The van der Waals surface area contributed by atoms with E-state index in [1.54, 1.807) is 0 Å². The van der Waals surface area contributed by atoms with E-state index in [0.717, 1.165) is 50.0 Å². The van der Waals surface area contributed by atoms with Crippen molar-refractivity contribution in [3.63, 3.8) is 0 Å². The quantitative estimate of drug-likeness (QED) is 0.635. The van der Waals surface area contributed by atoms with Crippen LogP contribution in [0.3, 0.4) is 0 Å². The summed E-state index contributed by atoms with van der Waals surface area (Å²) in [4.78, 5) is 4.58. The zero-order valence-corrected chi connectivity index (χ0v) is 12.8. The molecule has 7 nitrogen and oxygen atoms in total. The first-order valence-electron chi connectivity index (χ1n) is 7.79. The van der Waals surface area contributed by atoms with Crippen molar-refractivity contribution in [3.8, 4) is 0 Å². The predicted octanol–water partition coefficient (Wildman–Crippen LogP) is 0.963. The average Bonchev–Trinajstić information content (AvgIpc) is 3.20. The summed E-state index contributed by atoms with van der Waals surface area (Å²) in [5.41, 5.74) is 0.838. The van der Waals surface area contributed by atoms with Crippen molar-refractivity contribution < 1.29 is 4.74 Å². The maximum absolute atomic E-state index is 5.62. The van der Waals surface area contributed by atoms with Gasteiger partial charge in [-0.2, -0.15) is 0 Å². The molecule has 3 rings (SSSR count). The minimum Gasteiger partial charge on any atom is -0.376 e. The Balaban J connectivity index is 1.64. The lowest BCUT2D eigenvalue weighted by atomic mass is 10.2. The van der Waals surface area contributed by atoms with Gasteiger partial charge in [-0.3, -0.25) is 4.40 Å². The van der Waals surface area contributed by atoms with E-state index < -0.39 is 0 Å². The molecule has 22 heavy (non-hydrogen) atoms. The molecule has 2 N–H and O–H groups in total. The molecule has 0 spiro atoms. The van der Waals surface area contributed by atoms with Gasteiger partial charge < -0.3 is 15.4 Å². The van der Waals surface area contributed by atoms with Gasteiger partial charge in [0.2, 0.25) is 0 Å². The second kappa shape index (κ2) is 7.22. The van der Waals surface area contributed by atoms with E-state index in [0.29, 0.717) is 6.54 Å². The number of ether oxygens (including phenoxy) is 1. The van der Waals surface area contributed by atoms with Gasteiger partial charge in [0.05, 0.1) is 6.10 Å². The summed E-state index contributed by atoms with van der Waals surface area (Å²) in [5.74, 6) is 1.61. The molecule has 0 bridgehead atoms. The van der Waals surface area contributed by atoms with Gasteiger partial charge in [-0.1, -0.05) is 6.07 Å². The number of hydrogen-bond donors (Lipinski definition) is 2.